The van der Waals surface area contributed by atoms with Gasteiger partial charge in [0.15, 0.2) is 18.5 Å². The van der Waals surface area contributed by atoms with Gasteiger partial charge in [0.2, 0.25) is 5.91 Å². The quantitative estimate of drug-likeness (QED) is 0.677. The second kappa shape index (κ2) is 8.93. The molecule has 0 aromatic heterocycles. The van der Waals surface area contributed by atoms with Crippen LogP contribution in [0.2, 0.25) is 0 Å². The van der Waals surface area contributed by atoms with Crippen molar-refractivity contribution in [1.82, 2.24) is 0 Å². The Morgan fingerprint density at radius 2 is 1.85 bits per heavy atom. The van der Waals surface area contributed by atoms with Crippen LogP contribution in [0.4, 0.5) is 17.1 Å². The standard InChI is InChI=1S/C24H25N3O6/c1-4-5-19(28)15-6-8-21-18(10-15)27(24(31)14(2)33-21)12-22(29)25-16-7-9-20-17(11-16)26(3)23(30)13-32-20/h6-11,14H,4-5,12-13H2,1-3H3,(H,25,29). The Morgan fingerprint density at radius 1 is 1.09 bits per heavy atom. The van der Waals surface area contributed by atoms with E-state index in [1.807, 2.05) is 6.92 Å². The van der Waals surface area contributed by atoms with E-state index in [1.54, 1.807) is 50.4 Å². The Bertz CT molecular complexity index is 1150. The van der Waals surface area contributed by atoms with Gasteiger partial charge in [-0.15, -0.1) is 0 Å². The van der Waals surface area contributed by atoms with Crippen LogP contribution in [0.3, 0.4) is 0 Å². The number of carbonyl (C=O) groups excluding carboxylic acids is 4. The largest absolute Gasteiger partial charge is 0.482 e. The molecule has 9 heteroatoms. The van der Waals surface area contributed by atoms with Crippen LogP contribution in [-0.2, 0) is 14.4 Å². The molecule has 0 saturated carbocycles. The maximum atomic E-state index is 12.9. The van der Waals surface area contributed by atoms with Crippen molar-refractivity contribution in [1.29, 1.82) is 0 Å². The molecule has 172 valence electrons. The Labute approximate surface area is 191 Å². The second-order valence-electron chi connectivity index (χ2n) is 8.01. The third-order valence-corrected chi connectivity index (χ3v) is 5.60. The van der Waals surface area contributed by atoms with E-state index in [9.17, 15) is 19.2 Å². The van der Waals surface area contributed by atoms with Crippen LogP contribution in [0.1, 0.15) is 37.0 Å². The molecule has 0 bridgehead atoms. The Morgan fingerprint density at radius 3 is 2.61 bits per heavy atom. The summed E-state index contributed by atoms with van der Waals surface area (Å²) in [6.45, 7) is 3.24. The van der Waals surface area contributed by atoms with E-state index in [2.05, 4.69) is 5.32 Å². The highest BCUT2D eigenvalue weighted by Gasteiger charge is 2.33. The molecule has 2 aromatic carbocycles. The van der Waals surface area contributed by atoms with Crippen LogP contribution >= 0.6 is 0 Å². The normalized spacial score (nSPS) is 17.0. The van der Waals surface area contributed by atoms with Crippen LogP contribution < -0.4 is 24.6 Å². The SMILES string of the molecule is CCCC(=O)c1ccc2c(c1)N(CC(=O)Nc1ccc3c(c1)N(C)C(=O)CO3)C(=O)C(C)O2. The second-order valence-corrected chi connectivity index (χ2v) is 8.01. The molecule has 0 aliphatic carbocycles. The van der Waals surface area contributed by atoms with Crippen molar-refractivity contribution in [3.8, 4) is 11.5 Å². The molecule has 2 aliphatic rings. The van der Waals surface area contributed by atoms with Gasteiger partial charge in [-0.25, -0.2) is 0 Å². The number of amides is 3. The fraction of sp³-hybridized carbons (Fsp3) is 0.333. The zero-order valence-electron chi connectivity index (χ0n) is 18.7. The summed E-state index contributed by atoms with van der Waals surface area (Å²) in [6, 6.07) is 9.91. The van der Waals surface area contributed by atoms with Gasteiger partial charge >= 0.3 is 0 Å². The monoisotopic (exact) mass is 451 g/mol. The van der Waals surface area contributed by atoms with Crippen LogP contribution in [-0.4, -0.2) is 49.8 Å². The Kier molecular flexibility index (Phi) is 6.04. The molecular formula is C24H25N3O6. The van der Waals surface area contributed by atoms with Crippen LogP contribution in [0.5, 0.6) is 11.5 Å². The molecule has 0 radical (unpaired) electrons. The number of ether oxygens (including phenoxy) is 2. The molecule has 1 N–H and O–H groups in total. The van der Waals surface area contributed by atoms with Gasteiger partial charge in [0.1, 0.15) is 18.0 Å². The topological polar surface area (TPSA) is 105 Å². The maximum absolute atomic E-state index is 12.9. The molecule has 1 atom stereocenters. The summed E-state index contributed by atoms with van der Waals surface area (Å²) >= 11 is 0. The molecule has 9 nitrogen and oxygen atoms in total. The number of carbonyl (C=O) groups is 4. The van der Waals surface area contributed by atoms with E-state index in [0.717, 1.165) is 0 Å². The Balaban J connectivity index is 1.56. The molecule has 2 aliphatic heterocycles. The van der Waals surface area contributed by atoms with Gasteiger partial charge in [0.05, 0.1) is 11.4 Å². The number of hydrogen-bond donors (Lipinski definition) is 1. The molecule has 2 heterocycles. The molecule has 2 aromatic rings. The lowest BCUT2D eigenvalue weighted by Gasteiger charge is -2.33. The van der Waals surface area contributed by atoms with Gasteiger partial charge < -0.3 is 19.7 Å². The molecule has 0 spiro atoms. The third kappa shape index (κ3) is 4.39. The van der Waals surface area contributed by atoms with Crippen molar-refractivity contribution in [3.05, 3.63) is 42.0 Å². The van der Waals surface area contributed by atoms with Crippen molar-refractivity contribution in [2.45, 2.75) is 32.8 Å². The number of anilines is 3. The summed E-state index contributed by atoms with van der Waals surface area (Å²) in [6.07, 6.45) is 0.341. The highest BCUT2D eigenvalue weighted by atomic mass is 16.5. The predicted molar refractivity (Wildman–Crippen MR) is 122 cm³/mol. The molecule has 0 fully saturated rings. The van der Waals surface area contributed by atoms with Crippen molar-refractivity contribution in [2.24, 2.45) is 0 Å². The molecular weight excluding hydrogens is 426 g/mol. The van der Waals surface area contributed by atoms with E-state index in [1.165, 1.54) is 9.80 Å². The predicted octanol–water partition coefficient (Wildman–Crippen LogP) is 2.78. The molecule has 4 rings (SSSR count). The van der Waals surface area contributed by atoms with E-state index in [-0.39, 0.29) is 30.7 Å². The van der Waals surface area contributed by atoms with E-state index >= 15 is 0 Å². The number of nitrogens with zero attached hydrogens (tertiary/aromatic N) is 2. The number of nitrogens with one attached hydrogen (secondary N) is 1. The first-order valence-electron chi connectivity index (χ1n) is 10.8. The van der Waals surface area contributed by atoms with Crippen molar-refractivity contribution >= 4 is 40.6 Å². The lowest BCUT2D eigenvalue weighted by Crippen LogP contribution is -2.47. The highest BCUT2D eigenvalue weighted by Crippen LogP contribution is 2.36. The average Bonchev–Trinajstić information content (AvgIpc) is 2.79. The fourth-order valence-corrected chi connectivity index (χ4v) is 3.81. The first-order valence-corrected chi connectivity index (χ1v) is 10.8. The molecule has 3 amide bonds. The summed E-state index contributed by atoms with van der Waals surface area (Å²) < 4.78 is 11.1. The number of likely N-dealkylation sites (N-methyl/N-ethyl adjacent to an activating group) is 1. The number of ketones is 1. The molecule has 33 heavy (non-hydrogen) atoms. The van der Waals surface area contributed by atoms with Gasteiger partial charge in [-0.2, -0.15) is 0 Å². The van der Waals surface area contributed by atoms with E-state index in [0.29, 0.717) is 47.0 Å². The number of hydrogen-bond acceptors (Lipinski definition) is 6. The number of rotatable bonds is 6. The average molecular weight is 451 g/mol. The van der Waals surface area contributed by atoms with Gasteiger partial charge in [-0.05, 0) is 49.7 Å². The van der Waals surface area contributed by atoms with Gasteiger partial charge in [0.25, 0.3) is 11.8 Å². The molecule has 1 unspecified atom stereocenters. The summed E-state index contributed by atoms with van der Waals surface area (Å²) in [4.78, 5) is 52.7. The van der Waals surface area contributed by atoms with Gasteiger partial charge in [-0.3, -0.25) is 24.1 Å². The smallest absolute Gasteiger partial charge is 0.268 e. The minimum atomic E-state index is -0.761. The zero-order chi connectivity index (χ0) is 23.7. The van der Waals surface area contributed by atoms with Crippen LogP contribution in [0.15, 0.2) is 36.4 Å². The highest BCUT2D eigenvalue weighted by molar-refractivity contribution is 6.08. The third-order valence-electron chi connectivity index (χ3n) is 5.60. The Hall–Kier alpha value is -3.88. The summed E-state index contributed by atoms with van der Waals surface area (Å²) in [5, 5.41) is 2.76. The van der Waals surface area contributed by atoms with Crippen LogP contribution in [0.25, 0.3) is 0 Å². The lowest BCUT2D eigenvalue weighted by molar-refractivity contribution is -0.127. The van der Waals surface area contributed by atoms with Crippen molar-refractivity contribution in [3.63, 3.8) is 0 Å². The number of fused-ring (bicyclic) bond motifs is 2. The van der Waals surface area contributed by atoms with Crippen molar-refractivity contribution in [2.75, 3.05) is 35.3 Å². The van der Waals surface area contributed by atoms with Crippen molar-refractivity contribution < 1.29 is 28.7 Å². The lowest BCUT2D eigenvalue weighted by atomic mass is 10.0. The summed E-state index contributed by atoms with van der Waals surface area (Å²) in [5.74, 6) is -0.0459. The maximum Gasteiger partial charge on any atom is 0.268 e. The van der Waals surface area contributed by atoms with Crippen LogP contribution in [0, 0.1) is 0 Å². The van der Waals surface area contributed by atoms with Gasteiger partial charge in [0, 0.05) is 24.7 Å². The number of Topliss-reactive ketones (excluding diaryl/α,β-unsaturated/α-hetero) is 1. The fourth-order valence-electron chi connectivity index (χ4n) is 3.81. The minimum absolute atomic E-state index is 0.0330. The zero-order valence-corrected chi connectivity index (χ0v) is 18.7. The van der Waals surface area contributed by atoms with E-state index < -0.39 is 12.0 Å². The minimum Gasteiger partial charge on any atom is -0.482 e. The summed E-state index contributed by atoms with van der Waals surface area (Å²) in [5.41, 5.74) is 1.86. The van der Waals surface area contributed by atoms with Gasteiger partial charge in [-0.1, -0.05) is 6.92 Å². The first-order chi connectivity index (χ1) is 15.8. The first kappa shape index (κ1) is 22.3. The summed E-state index contributed by atoms with van der Waals surface area (Å²) in [7, 11) is 1.64. The number of benzene rings is 2. The van der Waals surface area contributed by atoms with E-state index in [4.69, 9.17) is 9.47 Å². The molecule has 0 saturated heterocycles.